The number of aryl methyl sites for hydroxylation is 2. The van der Waals surface area contributed by atoms with Crippen molar-refractivity contribution in [3.63, 3.8) is 0 Å². The number of benzene rings is 1. The molecule has 1 saturated carbocycles. The highest BCUT2D eigenvalue weighted by molar-refractivity contribution is 8.00. The van der Waals surface area contributed by atoms with Gasteiger partial charge in [-0.2, -0.15) is 0 Å². The molecule has 1 nitrogen and oxygen atoms in total. The quantitative estimate of drug-likeness (QED) is 0.853. The molecule has 2 N–H and O–H groups in total. The van der Waals surface area contributed by atoms with E-state index in [4.69, 9.17) is 5.73 Å². The predicted molar refractivity (Wildman–Crippen MR) is 81.2 cm³/mol. The highest BCUT2D eigenvalue weighted by atomic mass is 32.2. The minimum atomic E-state index is 0.372. The highest BCUT2D eigenvalue weighted by Crippen LogP contribution is 2.32. The molecular weight excluding hydrogens is 238 g/mol. The molecule has 2 atom stereocenters. The lowest BCUT2D eigenvalue weighted by Gasteiger charge is -2.26. The Labute approximate surface area is 116 Å². The largest absolute Gasteiger partial charge is 0.327 e. The van der Waals surface area contributed by atoms with E-state index in [1.165, 1.54) is 54.5 Å². The van der Waals surface area contributed by atoms with Crippen molar-refractivity contribution in [1.82, 2.24) is 0 Å². The van der Waals surface area contributed by atoms with Crippen LogP contribution in [0, 0.1) is 13.8 Å². The maximum absolute atomic E-state index is 6.34. The SMILES string of the molecule is Cc1ccc(SC2CCCCCCC2N)cc1C. The summed E-state index contributed by atoms with van der Waals surface area (Å²) in [4.78, 5) is 1.39. The Morgan fingerprint density at radius 3 is 2.44 bits per heavy atom. The highest BCUT2D eigenvalue weighted by Gasteiger charge is 2.20. The first-order valence-electron chi connectivity index (χ1n) is 7.16. The molecule has 0 amide bonds. The molecule has 2 unspecified atom stereocenters. The van der Waals surface area contributed by atoms with Crippen molar-refractivity contribution in [1.29, 1.82) is 0 Å². The van der Waals surface area contributed by atoms with Gasteiger partial charge in [0.15, 0.2) is 0 Å². The van der Waals surface area contributed by atoms with Crippen molar-refractivity contribution in [2.45, 2.75) is 68.6 Å². The van der Waals surface area contributed by atoms with Crippen LogP contribution < -0.4 is 5.73 Å². The molecule has 0 spiro atoms. The normalized spacial score (nSPS) is 25.5. The summed E-state index contributed by atoms with van der Waals surface area (Å²) >= 11 is 1.99. The molecule has 1 aromatic rings. The second-order valence-corrected chi connectivity index (χ2v) is 6.87. The van der Waals surface area contributed by atoms with E-state index in [9.17, 15) is 0 Å². The third-order valence-corrected chi connectivity index (χ3v) is 5.43. The maximum Gasteiger partial charge on any atom is 0.0246 e. The molecule has 2 rings (SSSR count). The standard InChI is InChI=1S/C16H25NS/c1-12-9-10-14(11-13(12)2)18-16-8-6-4-3-5-7-15(16)17/h9-11,15-16H,3-8,17H2,1-2H3. The molecular formula is C16H25NS. The van der Waals surface area contributed by atoms with Crippen molar-refractivity contribution in [2.75, 3.05) is 0 Å². The van der Waals surface area contributed by atoms with Gasteiger partial charge in [-0.05, 0) is 49.9 Å². The topological polar surface area (TPSA) is 26.0 Å². The molecule has 1 aromatic carbocycles. The molecule has 0 aromatic heterocycles. The third kappa shape index (κ3) is 3.76. The number of nitrogens with two attached hydrogens (primary N) is 1. The van der Waals surface area contributed by atoms with Gasteiger partial charge in [-0.25, -0.2) is 0 Å². The Bertz CT molecular complexity index is 389. The molecule has 1 fully saturated rings. The van der Waals surface area contributed by atoms with Crippen LogP contribution in [0.5, 0.6) is 0 Å². The molecule has 2 heteroatoms. The molecule has 0 aliphatic heterocycles. The minimum absolute atomic E-state index is 0.372. The third-order valence-electron chi connectivity index (χ3n) is 4.02. The smallest absolute Gasteiger partial charge is 0.0246 e. The Kier molecular flexibility index (Phi) is 5.13. The first-order valence-corrected chi connectivity index (χ1v) is 8.04. The van der Waals surface area contributed by atoms with Gasteiger partial charge < -0.3 is 5.73 Å². The summed E-state index contributed by atoms with van der Waals surface area (Å²) in [5.41, 5.74) is 9.11. The summed E-state index contributed by atoms with van der Waals surface area (Å²) in [5, 5.41) is 0.604. The van der Waals surface area contributed by atoms with Crippen molar-refractivity contribution in [3.8, 4) is 0 Å². The summed E-state index contributed by atoms with van der Waals surface area (Å²) in [6.07, 6.45) is 7.88. The van der Waals surface area contributed by atoms with Crippen LogP contribution >= 0.6 is 11.8 Å². The Morgan fingerprint density at radius 2 is 1.72 bits per heavy atom. The first kappa shape index (κ1) is 14.0. The lowest BCUT2D eigenvalue weighted by atomic mass is 9.97. The average Bonchev–Trinajstić information content (AvgIpc) is 2.33. The Morgan fingerprint density at radius 1 is 1.00 bits per heavy atom. The van der Waals surface area contributed by atoms with Crippen LogP contribution in [0.2, 0.25) is 0 Å². The van der Waals surface area contributed by atoms with Gasteiger partial charge in [-0.1, -0.05) is 31.7 Å². The van der Waals surface area contributed by atoms with E-state index in [-0.39, 0.29) is 0 Å². The zero-order chi connectivity index (χ0) is 13.0. The Hall–Kier alpha value is -0.470. The van der Waals surface area contributed by atoms with Gasteiger partial charge in [0.2, 0.25) is 0 Å². The van der Waals surface area contributed by atoms with Crippen LogP contribution in [0.25, 0.3) is 0 Å². The lowest BCUT2D eigenvalue weighted by Crippen LogP contribution is -2.33. The molecule has 1 aliphatic rings. The van der Waals surface area contributed by atoms with Gasteiger partial charge in [0.05, 0.1) is 0 Å². The van der Waals surface area contributed by atoms with E-state index in [2.05, 4.69) is 32.0 Å². The second kappa shape index (κ2) is 6.63. The van der Waals surface area contributed by atoms with Crippen LogP contribution in [0.1, 0.15) is 49.7 Å². The molecule has 18 heavy (non-hydrogen) atoms. The molecule has 0 bridgehead atoms. The molecule has 1 aliphatic carbocycles. The fraction of sp³-hybridized carbons (Fsp3) is 0.625. The van der Waals surface area contributed by atoms with Gasteiger partial charge in [0, 0.05) is 16.2 Å². The summed E-state index contributed by atoms with van der Waals surface area (Å²) in [6.45, 7) is 4.36. The van der Waals surface area contributed by atoms with E-state index in [0.717, 1.165) is 0 Å². The molecule has 0 saturated heterocycles. The van der Waals surface area contributed by atoms with E-state index in [0.29, 0.717) is 11.3 Å². The summed E-state index contributed by atoms with van der Waals surface area (Å²) in [6, 6.07) is 7.16. The average molecular weight is 263 g/mol. The van der Waals surface area contributed by atoms with Gasteiger partial charge in [0.25, 0.3) is 0 Å². The van der Waals surface area contributed by atoms with Gasteiger partial charge in [-0.15, -0.1) is 11.8 Å². The van der Waals surface area contributed by atoms with Crippen LogP contribution in [-0.4, -0.2) is 11.3 Å². The van der Waals surface area contributed by atoms with Crippen molar-refractivity contribution in [3.05, 3.63) is 29.3 Å². The van der Waals surface area contributed by atoms with Gasteiger partial charge in [-0.3, -0.25) is 0 Å². The fourth-order valence-corrected chi connectivity index (χ4v) is 3.92. The van der Waals surface area contributed by atoms with Crippen molar-refractivity contribution >= 4 is 11.8 Å². The zero-order valence-electron chi connectivity index (χ0n) is 11.6. The Balaban J connectivity index is 2.03. The van der Waals surface area contributed by atoms with Crippen LogP contribution in [0.15, 0.2) is 23.1 Å². The van der Waals surface area contributed by atoms with E-state index in [1.807, 2.05) is 11.8 Å². The van der Waals surface area contributed by atoms with Crippen LogP contribution in [0.3, 0.4) is 0 Å². The van der Waals surface area contributed by atoms with E-state index in [1.54, 1.807) is 0 Å². The molecule has 0 heterocycles. The number of hydrogen-bond acceptors (Lipinski definition) is 2. The maximum atomic E-state index is 6.34. The van der Waals surface area contributed by atoms with Gasteiger partial charge in [0.1, 0.15) is 0 Å². The van der Waals surface area contributed by atoms with E-state index >= 15 is 0 Å². The lowest BCUT2D eigenvalue weighted by molar-refractivity contribution is 0.463. The molecule has 0 radical (unpaired) electrons. The van der Waals surface area contributed by atoms with Gasteiger partial charge >= 0.3 is 0 Å². The number of hydrogen-bond donors (Lipinski definition) is 1. The number of rotatable bonds is 2. The number of thioether (sulfide) groups is 1. The van der Waals surface area contributed by atoms with Crippen molar-refractivity contribution in [2.24, 2.45) is 5.73 Å². The monoisotopic (exact) mass is 263 g/mol. The fourth-order valence-electron chi connectivity index (χ4n) is 2.59. The van der Waals surface area contributed by atoms with Crippen LogP contribution in [0.4, 0.5) is 0 Å². The van der Waals surface area contributed by atoms with E-state index < -0.39 is 0 Å². The predicted octanol–water partition coefficient (Wildman–Crippen LogP) is 4.45. The molecule has 100 valence electrons. The summed E-state index contributed by atoms with van der Waals surface area (Å²) < 4.78 is 0. The summed E-state index contributed by atoms with van der Waals surface area (Å²) in [7, 11) is 0. The minimum Gasteiger partial charge on any atom is -0.327 e. The van der Waals surface area contributed by atoms with Crippen molar-refractivity contribution < 1.29 is 0 Å². The second-order valence-electron chi connectivity index (χ2n) is 5.56. The zero-order valence-corrected chi connectivity index (χ0v) is 12.4. The first-order chi connectivity index (χ1) is 8.66. The summed E-state index contributed by atoms with van der Waals surface area (Å²) in [5.74, 6) is 0. The van der Waals surface area contributed by atoms with Crippen LogP contribution in [-0.2, 0) is 0 Å².